The first-order valence-electron chi connectivity index (χ1n) is 28.2. The van der Waals surface area contributed by atoms with Crippen molar-refractivity contribution in [3.05, 3.63) is 38.0 Å². The number of nitrogens with two attached hydrogens (primary N) is 3. The second-order valence-corrected chi connectivity index (χ2v) is 32.4. The van der Waals surface area contributed by atoms with Gasteiger partial charge in [0.15, 0.2) is 53.1 Å². The number of aliphatic hydroxyl groups is 3. The fourth-order valence-corrected chi connectivity index (χ4v) is 13.8. The average Bonchev–Trinajstić information content (AvgIpc) is 1.67. The van der Waals surface area contributed by atoms with Crippen molar-refractivity contribution in [2.45, 2.75) is 234 Å². The number of imidazole rings is 3. The fraction of sp³-hybridized carbons (Fsp3) is 0.722. The number of rotatable bonds is 13. The Balaban J connectivity index is 0.000000185. The Kier molecular flexibility index (Phi) is 20.3. The Morgan fingerprint density at radius 3 is 1.08 bits per heavy atom. The highest BCUT2D eigenvalue weighted by atomic mass is 32.5. The zero-order valence-electron chi connectivity index (χ0n) is 52.3. The molecular formula is C54H89N15O14P2S. The van der Waals surface area contributed by atoms with Crippen LogP contribution in [0.1, 0.15) is 163 Å². The summed E-state index contributed by atoms with van der Waals surface area (Å²) in [6, 6.07) is 0. The van der Waals surface area contributed by atoms with Crippen molar-refractivity contribution in [1.29, 1.82) is 0 Å². The van der Waals surface area contributed by atoms with Crippen LogP contribution in [0.3, 0.4) is 0 Å². The minimum Gasteiger partial charge on any atom is -0.386 e. The zero-order valence-corrected chi connectivity index (χ0v) is 54.9. The zero-order chi connectivity index (χ0) is 64.2. The third kappa shape index (κ3) is 17.6. The molecule has 14 atom stereocenters. The van der Waals surface area contributed by atoms with E-state index in [2.05, 4.69) is 65.6 Å². The third-order valence-corrected chi connectivity index (χ3v) is 16.2. The summed E-state index contributed by atoms with van der Waals surface area (Å²) in [5, 5.41) is 33.1. The fourth-order valence-electron chi connectivity index (χ4n) is 10.2. The van der Waals surface area contributed by atoms with Crippen molar-refractivity contribution >= 4 is 77.3 Å². The van der Waals surface area contributed by atoms with Crippen LogP contribution < -0.4 is 17.2 Å². The molecule has 0 aromatic carbocycles. The lowest BCUT2D eigenvalue weighted by Gasteiger charge is -2.32. The Labute approximate surface area is 506 Å². The molecule has 6 aromatic rings. The Morgan fingerprint density at radius 2 is 0.779 bits per heavy atom. The molecule has 3 aliphatic rings. The lowest BCUT2D eigenvalue weighted by atomic mass is 9.87. The summed E-state index contributed by atoms with van der Waals surface area (Å²) in [5.74, 6) is 0.730. The van der Waals surface area contributed by atoms with E-state index >= 15 is 0 Å². The summed E-state index contributed by atoms with van der Waals surface area (Å²) in [7, 11) is -4.47. The van der Waals surface area contributed by atoms with Crippen molar-refractivity contribution in [2.24, 2.45) is 16.2 Å². The molecule has 0 aliphatic carbocycles. The van der Waals surface area contributed by atoms with Gasteiger partial charge in [0.25, 0.3) is 0 Å². The van der Waals surface area contributed by atoms with E-state index in [0.717, 1.165) is 6.42 Å². The quantitative estimate of drug-likeness (QED) is 0.0529. The normalized spacial score (nSPS) is 27.4. The molecule has 0 radical (unpaired) electrons. The number of hydrogen-bond acceptors (Lipinski definition) is 25. The molecule has 32 heteroatoms. The van der Waals surface area contributed by atoms with Crippen LogP contribution in [0, 0.1) is 16.2 Å². The number of aromatic nitrogens is 12. The van der Waals surface area contributed by atoms with E-state index in [9.17, 15) is 29.7 Å². The molecule has 9 rings (SSSR count). The van der Waals surface area contributed by atoms with Crippen LogP contribution in [0.2, 0.25) is 0 Å². The maximum Gasteiger partial charge on any atom is 0.473 e. The smallest absolute Gasteiger partial charge is 0.386 e. The van der Waals surface area contributed by atoms with E-state index < -0.39 is 98.9 Å². The van der Waals surface area contributed by atoms with E-state index in [1.54, 1.807) is 57.0 Å². The van der Waals surface area contributed by atoms with E-state index in [-0.39, 0.29) is 34.0 Å². The number of aliphatic hydroxyl groups excluding tert-OH is 3. The number of hydrogen-bond donors (Lipinski definition) is 8. The van der Waals surface area contributed by atoms with Gasteiger partial charge in [-0.25, -0.2) is 49.4 Å². The molecule has 5 unspecified atom stereocenters. The van der Waals surface area contributed by atoms with Crippen molar-refractivity contribution in [2.75, 3.05) is 17.2 Å². The predicted molar refractivity (Wildman–Crippen MR) is 324 cm³/mol. The van der Waals surface area contributed by atoms with Crippen LogP contribution in [0.15, 0.2) is 38.0 Å². The van der Waals surface area contributed by atoms with Gasteiger partial charge in [-0.15, -0.1) is 0 Å². The highest BCUT2D eigenvalue weighted by molar-refractivity contribution is 8.07. The van der Waals surface area contributed by atoms with Crippen LogP contribution in [-0.2, 0) is 53.4 Å². The highest BCUT2D eigenvalue weighted by Crippen LogP contribution is 2.54. The molecule has 0 spiro atoms. The Morgan fingerprint density at radius 1 is 0.477 bits per heavy atom. The molecule has 0 bridgehead atoms. The molecule has 3 aliphatic heterocycles. The van der Waals surface area contributed by atoms with Crippen molar-refractivity contribution in [3.8, 4) is 0 Å². The molecule has 480 valence electrons. The molecule has 3 fully saturated rings. The lowest BCUT2D eigenvalue weighted by molar-refractivity contribution is -0.117. The lowest BCUT2D eigenvalue weighted by Crippen LogP contribution is -2.41. The summed E-state index contributed by atoms with van der Waals surface area (Å²) in [5.41, 5.74) is 17.9. The average molecular weight is 1270 g/mol. The number of anilines is 3. The van der Waals surface area contributed by atoms with Gasteiger partial charge in [0, 0.05) is 0 Å². The first kappa shape index (κ1) is 68.9. The molecule has 11 N–H and O–H groups in total. The minimum atomic E-state index is -4.47. The molecule has 0 saturated carbocycles. The van der Waals surface area contributed by atoms with Crippen LogP contribution in [0.5, 0.6) is 0 Å². The summed E-state index contributed by atoms with van der Waals surface area (Å²) in [4.78, 5) is 58.0. The number of nitrogens with zero attached hydrogens (tertiary/aromatic N) is 12. The largest absolute Gasteiger partial charge is 0.473 e. The van der Waals surface area contributed by atoms with Gasteiger partial charge in [-0.05, 0) is 110 Å². The van der Waals surface area contributed by atoms with Gasteiger partial charge >= 0.3 is 14.5 Å². The Hall–Kier alpha value is -4.59. The summed E-state index contributed by atoms with van der Waals surface area (Å²) in [6.45, 7) is 31.1. The van der Waals surface area contributed by atoms with Gasteiger partial charge in [-0.3, -0.25) is 27.3 Å². The molecule has 9 heterocycles. The number of phosphoric ester groups is 1. The summed E-state index contributed by atoms with van der Waals surface area (Å²) < 4.78 is 64.1. The van der Waals surface area contributed by atoms with E-state index in [4.69, 9.17) is 66.1 Å². The van der Waals surface area contributed by atoms with Crippen LogP contribution in [0.4, 0.5) is 17.5 Å². The summed E-state index contributed by atoms with van der Waals surface area (Å²) >= 11 is 5.21. The summed E-state index contributed by atoms with van der Waals surface area (Å²) in [6.07, 6.45) is 0.621. The maximum atomic E-state index is 12.6. The van der Waals surface area contributed by atoms with Crippen molar-refractivity contribution in [1.82, 2.24) is 58.6 Å². The highest BCUT2D eigenvalue weighted by Gasteiger charge is 2.53. The van der Waals surface area contributed by atoms with E-state index in [0.29, 0.717) is 52.2 Å². The topological polar surface area (TPSA) is 401 Å². The van der Waals surface area contributed by atoms with E-state index in [1.807, 2.05) is 62.3 Å². The number of fused-ring (bicyclic) bond motifs is 3. The number of phosphoric acid groups is 1. The second kappa shape index (κ2) is 25.4. The van der Waals surface area contributed by atoms with Crippen LogP contribution in [0.25, 0.3) is 33.5 Å². The van der Waals surface area contributed by atoms with Gasteiger partial charge in [-0.2, -0.15) is 0 Å². The van der Waals surface area contributed by atoms with Crippen LogP contribution in [-0.4, -0.2) is 155 Å². The first-order valence-corrected chi connectivity index (χ1v) is 32.3. The Bertz CT molecular complexity index is 3230. The maximum absolute atomic E-state index is 12.6. The standard InChI is InChI=1S/C18H30N5O6P.C18H30N5O5PS.C18H29N5O3/c1-17(2,3)7-10-13(28-30(25,26)29-18(4,5)6)12(24)16(27-10)23-9-22-11-14(19)20-8-21-15(11)23;1-17(2,3)7-10-13(27-29(25,30)28-18(4,5)6)12(24)16(26-10)23-9-22-11-14(19)20-8-21-15(11)23;1-17(2,3)7-10-13(26-18(4,5)6)12(24)16(25-10)23-9-22-11-14(19)20-8-21-15(11)23/h8-10,12-13,16,24H,7H2,1-6H3,(H,25,26)(H2,19,20,21);8-10,12-13,16,24H,7H2,1-6H3,(H,25,30)(H2,19,20,21);8-10,12-13,16,24H,7H2,1-6H3,(H2,19,20,21)/t10-,12+,13?,16-;10-,12+,13?,16-,29?;10-,12+,13?,16-/m111/s1. The van der Waals surface area contributed by atoms with Crippen LogP contribution >= 0.6 is 14.5 Å². The SMILES string of the molecule is CC(C)(C)C[C@H]1O[C@@H](n2cnc3c(N)ncnc32)[C@@H](O)C1OC(C)(C)C.CC(C)(C)C[C@H]1O[C@@H](n2cnc3c(N)ncnc32)[C@@H](O)C1OP(=O)(O)OC(C)(C)C.CC(C)(C)C[C@H]1O[C@@H](n2cnc3c(N)ncnc32)[C@@H](O)C1OP(O)(=S)OC(C)(C)C. The molecule has 29 nitrogen and oxygen atoms in total. The monoisotopic (exact) mass is 1270 g/mol. The number of nitrogen functional groups attached to an aromatic ring is 3. The molecule has 0 amide bonds. The van der Waals surface area contributed by atoms with Crippen molar-refractivity contribution < 1.29 is 66.7 Å². The minimum absolute atomic E-state index is 0.0301. The number of ether oxygens (including phenoxy) is 4. The second-order valence-electron chi connectivity index (χ2n) is 28.4. The molecule has 86 heavy (non-hydrogen) atoms. The van der Waals surface area contributed by atoms with Gasteiger partial charge in [-0.1, -0.05) is 62.3 Å². The van der Waals surface area contributed by atoms with Gasteiger partial charge in [0.2, 0.25) is 0 Å². The van der Waals surface area contributed by atoms with Crippen molar-refractivity contribution in [3.63, 3.8) is 0 Å². The molecular weight excluding hydrogens is 1180 g/mol. The molecule has 6 aromatic heterocycles. The predicted octanol–water partition coefficient (Wildman–Crippen LogP) is 7.21. The third-order valence-electron chi connectivity index (χ3n) is 13.1. The first-order chi connectivity index (χ1) is 39.3. The van der Waals surface area contributed by atoms with Gasteiger partial charge < -0.3 is 65.8 Å². The van der Waals surface area contributed by atoms with Gasteiger partial charge in [0.1, 0.15) is 72.2 Å². The van der Waals surface area contributed by atoms with Gasteiger partial charge in [0.05, 0.1) is 54.1 Å². The molecule has 3 saturated heterocycles. The van der Waals surface area contributed by atoms with E-state index in [1.165, 1.54) is 36.2 Å².